The Bertz CT molecular complexity index is 309. The summed E-state index contributed by atoms with van der Waals surface area (Å²) in [7, 11) is 0. The number of nitrogens with zero attached hydrogens (tertiary/aromatic N) is 1. The lowest BCUT2D eigenvalue weighted by atomic mass is 9.85. The average Bonchev–Trinajstić information content (AvgIpc) is 2.82. The van der Waals surface area contributed by atoms with Crippen molar-refractivity contribution in [2.45, 2.75) is 65.0 Å². The molecule has 0 bridgehead atoms. The fourth-order valence-electron chi connectivity index (χ4n) is 3.67. The van der Waals surface area contributed by atoms with Gasteiger partial charge in [0.15, 0.2) is 0 Å². The molecule has 2 unspecified atom stereocenters. The van der Waals surface area contributed by atoms with Crippen molar-refractivity contribution >= 4 is 0 Å². The normalized spacial score (nSPS) is 33.9. The van der Waals surface area contributed by atoms with E-state index in [2.05, 4.69) is 38.0 Å². The molecule has 0 radical (unpaired) electrons. The van der Waals surface area contributed by atoms with Crippen LogP contribution in [0.15, 0.2) is 17.9 Å². The van der Waals surface area contributed by atoms with Crippen LogP contribution < -0.4 is 0 Å². The quantitative estimate of drug-likeness (QED) is 0.639. The Balaban J connectivity index is 2.17. The molecule has 0 aromatic heterocycles. The summed E-state index contributed by atoms with van der Waals surface area (Å²) in [6.07, 6.45) is 6.82. The summed E-state index contributed by atoms with van der Waals surface area (Å²) >= 11 is 0. The Labute approximate surface area is 100 Å². The highest BCUT2D eigenvalue weighted by molar-refractivity contribution is 5.11. The van der Waals surface area contributed by atoms with Gasteiger partial charge >= 0.3 is 0 Å². The zero-order valence-electron chi connectivity index (χ0n) is 11.1. The molecule has 2 atom stereocenters. The molecule has 2 fully saturated rings. The van der Waals surface area contributed by atoms with Crippen molar-refractivity contribution in [1.29, 1.82) is 0 Å². The van der Waals surface area contributed by atoms with Crippen LogP contribution in [0, 0.1) is 5.41 Å². The summed E-state index contributed by atoms with van der Waals surface area (Å²) < 4.78 is 0. The molecule has 0 aromatic rings. The number of rotatable bonds is 2. The van der Waals surface area contributed by atoms with Gasteiger partial charge < -0.3 is 0 Å². The van der Waals surface area contributed by atoms with E-state index in [9.17, 15) is 0 Å². The van der Waals surface area contributed by atoms with E-state index in [4.69, 9.17) is 0 Å². The van der Waals surface area contributed by atoms with Gasteiger partial charge in [-0.3, -0.25) is 4.90 Å². The molecule has 2 aliphatic rings. The van der Waals surface area contributed by atoms with Gasteiger partial charge in [-0.2, -0.15) is 0 Å². The molecule has 0 spiro atoms. The van der Waals surface area contributed by atoms with Gasteiger partial charge in [0.1, 0.15) is 0 Å². The van der Waals surface area contributed by atoms with Crippen LogP contribution in [0.4, 0.5) is 0 Å². The third-order valence-electron chi connectivity index (χ3n) is 4.67. The number of likely N-dealkylation sites (tertiary alicyclic amines) is 1. The van der Waals surface area contributed by atoms with Crippen LogP contribution in [0.25, 0.3) is 0 Å². The fraction of sp³-hybridized carbons (Fsp3) is 0.800. The molecule has 16 heavy (non-hydrogen) atoms. The van der Waals surface area contributed by atoms with Crippen molar-refractivity contribution in [2.24, 2.45) is 5.41 Å². The molecule has 90 valence electrons. The summed E-state index contributed by atoms with van der Waals surface area (Å²) in [6, 6.07) is 1.41. The molecule has 1 saturated carbocycles. The zero-order chi connectivity index (χ0) is 11.8. The van der Waals surface area contributed by atoms with Gasteiger partial charge in [0.25, 0.3) is 0 Å². The minimum absolute atomic E-state index is 0.504. The maximum atomic E-state index is 3.81. The number of hydrogen-bond acceptors (Lipinski definition) is 1. The topological polar surface area (TPSA) is 3.24 Å². The van der Waals surface area contributed by atoms with Gasteiger partial charge in [-0.05, 0) is 50.1 Å². The second-order valence-corrected chi connectivity index (χ2v) is 6.15. The second kappa shape index (κ2) is 4.39. The van der Waals surface area contributed by atoms with Crippen molar-refractivity contribution in [3.8, 4) is 0 Å². The lowest BCUT2D eigenvalue weighted by Crippen LogP contribution is -2.45. The van der Waals surface area contributed by atoms with E-state index < -0.39 is 0 Å². The van der Waals surface area contributed by atoms with Gasteiger partial charge in [-0.25, -0.2) is 0 Å². The molecule has 1 heterocycles. The number of hydrogen-bond donors (Lipinski definition) is 0. The van der Waals surface area contributed by atoms with E-state index in [1.165, 1.54) is 44.2 Å². The van der Waals surface area contributed by atoms with Crippen LogP contribution in [-0.4, -0.2) is 23.5 Å². The summed E-state index contributed by atoms with van der Waals surface area (Å²) in [5.74, 6) is 0. The fourth-order valence-corrected chi connectivity index (χ4v) is 3.67. The maximum absolute atomic E-state index is 3.81. The smallest absolute Gasteiger partial charge is 0.0383 e. The first-order chi connectivity index (χ1) is 7.56. The third-order valence-corrected chi connectivity index (χ3v) is 4.67. The monoisotopic (exact) mass is 219 g/mol. The van der Waals surface area contributed by atoms with Crippen LogP contribution in [-0.2, 0) is 0 Å². The van der Waals surface area contributed by atoms with Gasteiger partial charge in [0.2, 0.25) is 0 Å². The molecule has 1 heteroatoms. The molecule has 1 aliphatic heterocycles. The SMILES string of the molecule is C=C=C(C)C1CCCN1C1CCCC1(C)C. The Morgan fingerprint density at radius 1 is 1.31 bits per heavy atom. The zero-order valence-corrected chi connectivity index (χ0v) is 11.1. The average molecular weight is 219 g/mol. The van der Waals surface area contributed by atoms with Gasteiger partial charge in [-0.1, -0.05) is 26.8 Å². The first-order valence-corrected chi connectivity index (χ1v) is 6.68. The van der Waals surface area contributed by atoms with Gasteiger partial charge in [0, 0.05) is 12.1 Å². The molecule has 1 aliphatic carbocycles. The van der Waals surface area contributed by atoms with Crippen LogP contribution in [0.2, 0.25) is 0 Å². The molecule has 0 N–H and O–H groups in total. The lowest BCUT2D eigenvalue weighted by Gasteiger charge is -2.38. The Kier molecular flexibility index (Phi) is 3.28. The predicted octanol–water partition coefficient (Wildman–Crippen LogP) is 3.76. The van der Waals surface area contributed by atoms with Crippen LogP contribution in [0.1, 0.15) is 52.9 Å². The van der Waals surface area contributed by atoms with Gasteiger partial charge in [-0.15, -0.1) is 5.73 Å². The van der Waals surface area contributed by atoms with E-state index in [1.807, 2.05) is 0 Å². The van der Waals surface area contributed by atoms with Crippen molar-refractivity contribution in [3.63, 3.8) is 0 Å². The summed E-state index contributed by atoms with van der Waals surface area (Å²) in [5.41, 5.74) is 4.96. The van der Waals surface area contributed by atoms with E-state index in [0.29, 0.717) is 11.5 Å². The van der Waals surface area contributed by atoms with E-state index in [-0.39, 0.29) is 0 Å². The lowest BCUT2D eigenvalue weighted by molar-refractivity contribution is 0.113. The Morgan fingerprint density at radius 2 is 2.06 bits per heavy atom. The molecule has 1 saturated heterocycles. The summed E-state index contributed by atoms with van der Waals surface area (Å²) in [4.78, 5) is 2.74. The molecule has 0 aromatic carbocycles. The minimum Gasteiger partial charge on any atom is -0.293 e. The molecule has 1 nitrogen and oxygen atoms in total. The highest BCUT2D eigenvalue weighted by Crippen LogP contribution is 2.43. The van der Waals surface area contributed by atoms with E-state index >= 15 is 0 Å². The maximum Gasteiger partial charge on any atom is 0.0383 e. The predicted molar refractivity (Wildman–Crippen MR) is 69.5 cm³/mol. The first-order valence-electron chi connectivity index (χ1n) is 6.68. The Hall–Kier alpha value is -0.520. The van der Waals surface area contributed by atoms with Crippen molar-refractivity contribution in [3.05, 3.63) is 17.9 Å². The van der Waals surface area contributed by atoms with Gasteiger partial charge in [0.05, 0.1) is 0 Å². The van der Waals surface area contributed by atoms with E-state index in [0.717, 1.165) is 6.04 Å². The highest BCUT2D eigenvalue weighted by atomic mass is 15.2. The molecule has 2 rings (SSSR count). The van der Waals surface area contributed by atoms with Crippen molar-refractivity contribution < 1.29 is 0 Å². The first kappa shape index (κ1) is 12.0. The Morgan fingerprint density at radius 3 is 2.62 bits per heavy atom. The highest BCUT2D eigenvalue weighted by Gasteiger charge is 2.42. The van der Waals surface area contributed by atoms with Crippen LogP contribution >= 0.6 is 0 Å². The van der Waals surface area contributed by atoms with Crippen molar-refractivity contribution in [1.82, 2.24) is 4.90 Å². The molecular weight excluding hydrogens is 194 g/mol. The van der Waals surface area contributed by atoms with Crippen LogP contribution in [0.3, 0.4) is 0 Å². The van der Waals surface area contributed by atoms with Crippen molar-refractivity contribution in [2.75, 3.05) is 6.54 Å². The van der Waals surface area contributed by atoms with E-state index in [1.54, 1.807) is 0 Å². The summed E-state index contributed by atoms with van der Waals surface area (Å²) in [5, 5.41) is 0. The van der Waals surface area contributed by atoms with Crippen LogP contribution in [0.5, 0.6) is 0 Å². The third kappa shape index (κ3) is 1.99. The molecular formula is C15H25N. The second-order valence-electron chi connectivity index (χ2n) is 6.15. The summed E-state index contributed by atoms with van der Waals surface area (Å²) in [6.45, 7) is 12.2. The molecule has 0 amide bonds. The standard InChI is InChI=1S/C15H25N/c1-5-12(2)13-8-7-11-16(13)14-9-6-10-15(14,3)4/h13-14H,1,6-11H2,2-4H3. The largest absolute Gasteiger partial charge is 0.293 e. The minimum atomic E-state index is 0.504.